The van der Waals surface area contributed by atoms with E-state index >= 15 is 0 Å². The molecule has 8 amide bonds. The van der Waals surface area contributed by atoms with Gasteiger partial charge < -0.3 is 71.6 Å². The quantitative estimate of drug-likeness (QED) is 0.0314. The summed E-state index contributed by atoms with van der Waals surface area (Å²) in [5.74, 6) is -2.14. The molecule has 21 nitrogen and oxygen atoms in total. The number of rotatable bonds is 60. The Morgan fingerprint density at radius 2 is 0.518 bits per heavy atom. The van der Waals surface area contributed by atoms with E-state index in [4.69, 9.17) is 34.4 Å². The molecule has 0 aliphatic carbocycles. The maximum atomic E-state index is 13.7. The zero-order valence-electron chi connectivity index (χ0n) is 52.1. The van der Waals surface area contributed by atoms with E-state index in [-0.39, 0.29) is 41.4 Å². The number of unbranched alkanes of at least 4 members (excludes halogenated alkanes) is 25. The van der Waals surface area contributed by atoms with Crippen LogP contribution in [-0.2, 0) is 38.4 Å². The van der Waals surface area contributed by atoms with Crippen LogP contribution in [0.4, 0.5) is 0 Å². The molecule has 0 aliphatic heterocycles. The molecule has 0 saturated carbocycles. The molecule has 83 heavy (non-hydrogen) atoms. The Morgan fingerprint density at radius 3 is 0.795 bits per heavy atom. The van der Waals surface area contributed by atoms with Gasteiger partial charge in [0.1, 0.15) is 30.2 Å². The Bertz CT molecular complexity index is 1680. The number of hydrogen-bond acceptors (Lipinski definition) is 13. The maximum Gasteiger partial charge on any atom is 0.243 e. The predicted molar refractivity (Wildman–Crippen MR) is 335 cm³/mol. The molecule has 484 valence electrons. The van der Waals surface area contributed by atoms with E-state index in [2.05, 4.69) is 44.1 Å². The zero-order chi connectivity index (χ0) is 61.4. The minimum absolute atomic E-state index is 0.141. The number of nitrogens with one attached hydrogen (secondary N) is 7. The van der Waals surface area contributed by atoms with Gasteiger partial charge in [-0.25, -0.2) is 0 Å². The van der Waals surface area contributed by atoms with Gasteiger partial charge >= 0.3 is 0 Å². The molecular weight excluding hydrogens is 1050 g/mol. The summed E-state index contributed by atoms with van der Waals surface area (Å²) in [6.07, 6.45) is 33.2. The average molecular weight is 1180 g/mol. The van der Waals surface area contributed by atoms with E-state index in [1.165, 1.54) is 0 Å². The molecular formula is C62H123N13O8. The normalized spacial score (nSPS) is 13.0. The summed E-state index contributed by atoms with van der Waals surface area (Å²) in [4.78, 5) is 104. The second-order valence-corrected chi connectivity index (χ2v) is 22.9. The Balaban J connectivity index is 4.71. The highest BCUT2D eigenvalue weighted by molar-refractivity contribution is 5.93. The van der Waals surface area contributed by atoms with Crippen LogP contribution in [0.25, 0.3) is 0 Å². The smallest absolute Gasteiger partial charge is 0.243 e. The molecule has 21 heteroatoms. The third-order valence-corrected chi connectivity index (χ3v) is 15.2. The highest BCUT2D eigenvalue weighted by atomic mass is 16.2. The topological polar surface area (TPSA) is 377 Å². The van der Waals surface area contributed by atoms with Gasteiger partial charge in [0.25, 0.3) is 0 Å². The summed E-state index contributed by atoms with van der Waals surface area (Å²) in [6.45, 7) is 5.67. The van der Waals surface area contributed by atoms with Gasteiger partial charge in [-0.1, -0.05) is 122 Å². The molecule has 0 aromatic heterocycles. The SMILES string of the molecule is CCCCCCCC(=O)N[C@@H](CCCCN)C(=O)N[C@@H](CCCCN)C(=O)NCCCCCCCCCCCC(=O)N[C@@H](CCCCN)C(=O)N[C@@H](CCCCN)C(=O)NCCCCCCCCCCCC(=O)N[C@@H](CCCCN)C(N)=O. The molecule has 0 saturated heterocycles. The van der Waals surface area contributed by atoms with Crippen molar-refractivity contribution in [3.63, 3.8) is 0 Å². The summed E-state index contributed by atoms with van der Waals surface area (Å²) in [6, 6.07) is -3.57. The third-order valence-electron chi connectivity index (χ3n) is 15.2. The van der Waals surface area contributed by atoms with E-state index in [0.717, 1.165) is 173 Å². The molecule has 0 aliphatic rings. The van der Waals surface area contributed by atoms with Crippen molar-refractivity contribution in [2.24, 2.45) is 34.4 Å². The van der Waals surface area contributed by atoms with Crippen LogP contribution in [0, 0.1) is 0 Å². The van der Waals surface area contributed by atoms with Crippen LogP contribution in [0.15, 0.2) is 0 Å². The standard InChI is InChI=1S/C62H123N13O8/c1-2-3-4-15-20-41-56(77)72-53(38-26-31-46-66)61(82)74-51(36-24-29-44-64)59(80)69-49-34-19-14-10-6-8-12-17-22-42-57(78)73-54(39-27-32-47-67)62(83)75-52(37-25-30-45-65)60(81)70-48-33-18-13-9-5-7-11-16-21-40-55(76)71-50(58(68)79)35-23-28-43-63/h50-54H,2-49,63-67H2,1H3,(H2,68,79)(H,69,80)(H,70,81)(H,71,76)(H,72,77)(H,73,78)(H,74,82)(H,75,83)/t50-,51-,52-,53-,54-/m0/s1. The first-order valence-electron chi connectivity index (χ1n) is 33.1. The summed E-state index contributed by atoms with van der Waals surface area (Å²) >= 11 is 0. The van der Waals surface area contributed by atoms with Crippen LogP contribution in [0.2, 0.25) is 0 Å². The van der Waals surface area contributed by atoms with E-state index in [1.807, 2.05) is 0 Å². The molecule has 0 unspecified atom stereocenters. The largest absolute Gasteiger partial charge is 0.368 e. The van der Waals surface area contributed by atoms with Crippen molar-refractivity contribution in [3.8, 4) is 0 Å². The van der Waals surface area contributed by atoms with Crippen molar-refractivity contribution in [1.29, 1.82) is 0 Å². The number of carbonyl (C=O) groups excluding carboxylic acids is 8. The molecule has 19 N–H and O–H groups in total. The second kappa shape index (κ2) is 56.7. The van der Waals surface area contributed by atoms with Gasteiger partial charge in [0, 0.05) is 32.4 Å². The zero-order valence-corrected chi connectivity index (χ0v) is 52.1. The molecule has 0 fully saturated rings. The van der Waals surface area contributed by atoms with E-state index in [9.17, 15) is 38.4 Å². The van der Waals surface area contributed by atoms with Crippen LogP contribution in [0.1, 0.15) is 270 Å². The second-order valence-electron chi connectivity index (χ2n) is 22.9. The fourth-order valence-corrected chi connectivity index (χ4v) is 10.0. The van der Waals surface area contributed by atoms with Crippen molar-refractivity contribution in [1.82, 2.24) is 37.2 Å². The third kappa shape index (κ3) is 46.5. The lowest BCUT2D eigenvalue weighted by Crippen LogP contribution is -2.53. The van der Waals surface area contributed by atoms with Gasteiger partial charge in [-0.3, -0.25) is 38.4 Å². The highest BCUT2D eigenvalue weighted by Crippen LogP contribution is 2.15. The Hall–Kier alpha value is -4.44. The van der Waals surface area contributed by atoms with Crippen molar-refractivity contribution < 1.29 is 38.4 Å². The molecule has 0 radical (unpaired) electrons. The van der Waals surface area contributed by atoms with Crippen LogP contribution < -0.4 is 71.6 Å². The average Bonchev–Trinajstić information content (AvgIpc) is 3.53. The Morgan fingerprint density at radius 1 is 0.277 bits per heavy atom. The molecule has 0 aromatic rings. The summed E-state index contributed by atoms with van der Waals surface area (Å²) in [5, 5.41) is 20.6. The first-order valence-corrected chi connectivity index (χ1v) is 33.1. The summed E-state index contributed by atoms with van der Waals surface area (Å²) in [5.41, 5.74) is 33.9. The molecule has 0 spiro atoms. The van der Waals surface area contributed by atoms with Crippen LogP contribution >= 0.6 is 0 Å². The lowest BCUT2D eigenvalue weighted by molar-refractivity contribution is -0.132. The van der Waals surface area contributed by atoms with Crippen molar-refractivity contribution in [3.05, 3.63) is 0 Å². The lowest BCUT2D eigenvalue weighted by Gasteiger charge is -2.23. The van der Waals surface area contributed by atoms with Gasteiger partial charge in [0.05, 0.1) is 0 Å². The first-order chi connectivity index (χ1) is 40.3. The number of hydrogen-bond donors (Lipinski definition) is 13. The minimum Gasteiger partial charge on any atom is -0.368 e. The number of carbonyl (C=O) groups is 8. The van der Waals surface area contributed by atoms with Crippen LogP contribution in [0.5, 0.6) is 0 Å². The number of nitrogens with two attached hydrogens (primary N) is 6. The van der Waals surface area contributed by atoms with Gasteiger partial charge in [0.2, 0.25) is 47.3 Å². The van der Waals surface area contributed by atoms with Crippen molar-refractivity contribution in [2.45, 2.75) is 300 Å². The highest BCUT2D eigenvalue weighted by Gasteiger charge is 2.28. The van der Waals surface area contributed by atoms with Crippen molar-refractivity contribution in [2.75, 3.05) is 45.8 Å². The van der Waals surface area contributed by atoms with Crippen LogP contribution in [-0.4, -0.2) is 123 Å². The van der Waals surface area contributed by atoms with Gasteiger partial charge in [-0.05, 0) is 161 Å². The first kappa shape index (κ1) is 78.6. The lowest BCUT2D eigenvalue weighted by atomic mass is 10.0. The Labute approximate surface area is 501 Å². The molecule has 5 atom stereocenters. The molecule has 0 bridgehead atoms. The monoisotopic (exact) mass is 1180 g/mol. The fourth-order valence-electron chi connectivity index (χ4n) is 10.0. The minimum atomic E-state index is -0.766. The number of amides is 8. The summed E-state index contributed by atoms with van der Waals surface area (Å²) < 4.78 is 0. The molecule has 0 heterocycles. The predicted octanol–water partition coefficient (Wildman–Crippen LogP) is 5.94. The molecule has 0 rings (SSSR count). The van der Waals surface area contributed by atoms with Crippen molar-refractivity contribution >= 4 is 47.3 Å². The fraction of sp³-hybridized carbons (Fsp3) is 0.871. The van der Waals surface area contributed by atoms with Gasteiger partial charge in [-0.2, -0.15) is 0 Å². The molecule has 0 aromatic carbocycles. The van der Waals surface area contributed by atoms with E-state index in [1.54, 1.807) is 0 Å². The maximum absolute atomic E-state index is 13.7. The summed E-state index contributed by atoms with van der Waals surface area (Å²) in [7, 11) is 0. The Kier molecular flexibility index (Phi) is 53.6. The van der Waals surface area contributed by atoms with Gasteiger partial charge in [0.15, 0.2) is 0 Å². The van der Waals surface area contributed by atoms with E-state index < -0.39 is 36.1 Å². The van der Waals surface area contributed by atoms with Crippen LogP contribution in [0.3, 0.4) is 0 Å². The number of primary amides is 1. The van der Waals surface area contributed by atoms with E-state index in [0.29, 0.717) is 136 Å². The van der Waals surface area contributed by atoms with Gasteiger partial charge in [-0.15, -0.1) is 0 Å².